The molecule has 2 aliphatic rings. The molecule has 0 amide bonds. The second kappa shape index (κ2) is 13.9. The predicted molar refractivity (Wildman–Crippen MR) is 263 cm³/mol. The first-order valence-electron chi connectivity index (χ1n) is 21.8. The van der Waals surface area contributed by atoms with E-state index in [1.165, 1.54) is 94.3 Å². The lowest BCUT2D eigenvalue weighted by Gasteiger charge is -2.39. The summed E-state index contributed by atoms with van der Waals surface area (Å²) in [5, 5.41) is 2.59. The summed E-state index contributed by atoms with van der Waals surface area (Å²) >= 11 is 0. The van der Waals surface area contributed by atoms with Gasteiger partial charge >= 0.3 is 0 Å². The molecule has 1 atom stereocenters. The van der Waals surface area contributed by atoms with E-state index in [4.69, 9.17) is 0 Å². The van der Waals surface area contributed by atoms with Gasteiger partial charge < -0.3 is 9.47 Å². The molecule has 0 bridgehead atoms. The fourth-order valence-electron chi connectivity index (χ4n) is 10.9. The van der Waals surface area contributed by atoms with Gasteiger partial charge in [-0.15, -0.1) is 0 Å². The normalized spacial score (nSPS) is 14.4. The number of nitrogens with zero attached hydrogens (tertiary/aromatic N) is 2. The van der Waals surface area contributed by atoms with Gasteiger partial charge in [0, 0.05) is 27.8 Å². The van der Waals surface area contributed by atoms with Crippen LogP contribution in [0.5, 0.6) is 0 Å². The molecule has 0 saturated heterocycles. The summed E-state index contributed by atoms with van der Waals surface area (Å²) in [6, 6.07) is 89.3. The zero-order valence-corrected chi connectivity index (χ0v) is 34.5. The molecule has 1 aromatic heterocycles. The van der Waals surface area contributed by atoms with Crippen LogP contribution < -0.4 is 4.90 Å². The SMILES string of the molecule is c1ccc(-c2ccc(N(c3ccc(-c4ccccc4)cc3)c3ccc(-c4ccc5c(c4)-c4ccccc4C54c5ccccc5-n5c6ccccc6c6cccc4c65)cc3)cc2)cc1. The Morgan fingerprint density at radius 3 is 1.41 bits per heavy atom. The van der Waals surface area contributed by atoms with Crippen molar-refractivity contribution < 1.29 is 0 Å². The van der Waals surface area contributed by atoms with Gasteiger partial charge in [-0.25, -0.2) is 0 Å². The van der Waals surface area contributed by atoms with E-state index in [1.54, 1.807) is 0 Å². The molecule has 0 radical (unpaired) electrons. The highest BCUT2D eigenvalue weighted by atomic mass is 15.1. The van der Waals surface area contributed by atoms with E-state index in [0.29, 0.717) is 0 Å². The van der Waals surface area contributed by atoms with E-state index in [2.05, 4.69) is 252 Å². The minimum atomic E-state index is -0.457. The highest BCUT2D eigenvalue weighted by Crippen LogP contribution is 2.61. The Hall–Kier alpha value is -8.20. The van der Waals surface area contributed by atoms with Crippen molar-refractivity contribution in [2.75, 3.05) is 4.90 Å². The molecule has 2 heteroatoms. The van der Waals surface area contributed by atoms with Crippen molar-refractivity contribution >= 4 is 38.9 Å². The van der Waals surface area contributed by atoms with E-state index in [9.17, 15) is 0 Å². The third-order valence-corrected chi connectivity index (χ3v) is 13.6. The third-order valence-electron chi connectivity index (χ3n) is 13.6. The molecule has 0 saturated carbocycles. The fourth-order valence-corrected chi connectivity index (χ4v) is 10.9. The van der Waals surface area contributed by atoms with Crippen LogP contribution in [0.15, 0.2) is 243 Å². The molecule has 1 spiro atoms. The fraction of sp³-hybridized carbons (Fsp3) is 0.0164. The molecule has 1 unspecified atom stereocenters. The summed E-state index contributed by atoms with van der Waals surface area (Å²) in [5.74, 6) is 0. The Labute approximate surface area is 367 Å². The zero-order chi connectivity index (χ0) is 41.5. The number of anilines is 3. The lowest BCUT2D eigenvalue weighted by atomic mass is 9.65. The maximum atomic E-state index is 2.51. The average Bonchev–Trinajstić information content (AvgIpc) is 3.86. The van der Waals surface area contributed by atoms with Gasteiger partial charge in [-0.1, -0.05) is 188 Å². The highest BCUT2D eigenvalue weighted by Gasteiger charge is 2.50. The lowest BCUT2D eigenvalue weighted by molar-refractivity contribution is 0.748. The van der Waals surface area contributed by atoms with Crippen molar-refractivity contribution in [2.24, 2.45) is 0 Å². The van der Waals surface area contributed by atoms with Gasteiger partial charge in [0.25, 0.3) is 0 Å². The molecule has 10 aromatic carbocycles. The van der Waals surface area contributed by atoms with Crippen molar-refractivity contribution in [3.05, 3.63) is 265 Å². The van der Waals surface area contributed by atoms with Crippen LogP contribution in [0.3, 0.4) is 0 Å². The second-order valence-electron chi connectivity index (χ2n) is 16.8. The van der Waals surface area contributed by atoms with Crippen LogP contribution in [-0.4, -0.2) is 4.57 Å². The molecule has 0 N–H and O–H groups in total. The monoisotopic (exact) mass is 800 g/mol. The Morgan fingerprint density at radius 2 is 0.762 bits per heavy atom. The third kappa shape index (κ3) is 5.25. The Kier molecular flexibility index (Phi) is 7.85. The summed E-state index contributed by atoms with van der Waals surface area (Å²) in [4.78, 5) is 2.36. The summed E-state index contributed by atoms with van der Waals surface area (Å²) < 4.78 is 2.51. The lowest BCUT2D eigenvalue weighted by Crippen LogP contribution is -2.33. The highest BCUT2D eigenvalue weighted by molar-refractivity contribution is 6.13. The van der Waals surface area contributed by atoms with Gasteiger partial charge in [0.05, 0.1) is 22.1 Å². The molecule has 294 valence electrons. The van der Waals surface area contributed by atoms with Crippen molar-refractivity contribution in [1.29, 1.82) is 0 Å². The Morgan fingerprint density at radius 1 is 0.302 bits per heavy atom. The first kappa shape index (κ1) is 35.5. The number of hydrogen-bond donors (Lipinski definition) is 0. The van der Waals surface area contributed by atoms with E-state index in [0.717, 1.165) is 17.1 Å². The van der Waals surface area contributed by atoms with Crippen LogP contribution in [0.25, 0.3) is 72.0 Å². The molecule has 63 heavy (non-hydrogen) atoms. The smallest absolute Gasteiger partial charge is 0.0754 e. The van der Waals surface area contributed by atoms with Crippen LogP contribution in [0.1, 0.15) is 22.3 Å². The molecular weight excluding hydrogens is 761 g/mol. The summed E-state index contributed by atoms with van der Waals surface area (Å²) in [7, 11) is 0. The standard InChI is InChI=1S/C61H40N2/c1-3-14-41(15-4-1)43-26-33-47(34-27-43)62(48-35-28-44(29-36-48)42-16-5-2-6-17-42)49-37-30-45(31-38-49)46-32-39-55-53(40-46)50-18-7-9-21-54(50)61(55)56-22-10-12-25-59(56)63-58-24-11-8-19-51(58)52-20-13-23-57(61)60(52)63/h1-40H. The number of hydrogen-bond acceptors (Lipinski definition) is 1. The summed E-state index contributed by atoms with van der Waals surface area (Å²) in [6.07, 6.45) is 0. The number of fused-ring (bicyclic) bond motifs is 12. The molecule has 2 heterocycles. The van der Waals surface area contributed by atoms with Gasteiger partial charge in [-0.05, 0) is 121 Å². The van der Waals surface area contributed by atoms with Crippen LogP contribution in [0.2, 0.25) is 0 Å². The molecular formula is C61H40N2. The quantitative estimate of drug-likeness (QED) is 0.163. The zero-order valence-electron chi connectivity index (χ0n) is 34.5. The topological polar surface area (TPSA) is 8.17 Å². The Balaban J connectivity index is 0.930. The maximum Gasteiger partial charge on any atom is 0.0754 e. The first-order valence-corrected chi connectivity index (χ1v) is 21.8. The van der Waals surface area contributed by atoms with Gasteiger partial charge in [0.1, 0.15) is 0 Å². The van der Waals surface area contributed by atoms with E-state index in [1.807, 2.05) is 0 Å². The van der Waals surface area contributed by atoms with Crippen LogP contribution in [-0.2, 0) is 5.41 Å². The molecule has 11 aromatic rings. The first-order chi connectivity index (χ1) is 31.3. The number of aromatic nitrogens is 1. The molecule has 0 fully saturated rings. The van der Waals surface area contributed by atoms with E-state index < -0.39 is 5.41 Å². The van der Waals surface area contributed by atoms with Crippen molar-refractivity contribution in [3.8, 4) is 50.2 Å². The van der Waals surface area contributed by atoms with Crippen LogP contribution in [0, 0.1) is 0 Å². The van der Waals surface area contributed by atoms with Crippen molar-refractivity contribution in [1.82, 2.24) is 4.57 Å². The molecule has 1 aliphatic carbocycles. The second-order valence-corrected chi connectivity index (χ2v) is 16.8. The summed E-state index contributed by atoms with van der Waals surface area (Å²) in [6.45, 7) is 0. The molecule has 2 nitrogen and oxygen atoms in total. The Bertz CT molecular complexity index is 3450. The minimum Gasteiger partial charge on any atom is -0.311 e. The maximum absolute atomic E-state index is 2.51. The van der Waals surface area contributed by atoms with E-state index in [-0.39, 0.29) is 0 Å². The van der Waals surface area contributed by atoms with Gasteiger partial charge in [0.15, 0.2) is 0 Å². The predicted octanol–water partition coefficient (Wildman–Crippen LogP) is 15.9. The average molecular weight is 801 g/mol. The van der Waals surface area contributed by atoms with E-state index >= 15 is 0 Å². The van der Waals surface area contributed by atoms with Crippen LogP contribution >= 0.6 is 0 Å². The summed E-state index contributed by atoms with van der Waals surface area (Å²) in [5.41, 5.74) is 21.8. The molecule has 13 rings (SSSR count). The van der Waals surface area contributed by atoms with Gasteiger partial charge in [-0.2, -0.15) is 0 Å². The minimum absolute atomic E-state index is 0.457. The largest absolute Gasteiger partial charge is 0.311 e. The van der Waals surface area contributed by atoms with Crippen molar-refractivity contribution in [2.45, 2.75) is 5.41 Å². The number of rotatable bonds is 6. The van der Waals surface area contributed by atoms with Gasteiger partial charge in [0.2, 0.25) is 0 Å². The molecule has 1 aliphatic heterocycles. The van der Waals surface area contributed by atoms with Gasteiger partial charge in [-0.3, -0.25) is 0 Å². The van der Waals surface area contributed by atoms with Crippen LogP contribution in [0.4, 0.5) is 17.1 Å². The van der Waals surface area contributed by atoms with Crippen molar-refractivity contribution in [3.63, 3.8) is 0 Å². The number of benzene rings is 10. The number of para-hydroxylation sites is 3.